The minimum atomic E-state index is -4.70. The number of nitrogens with one attached hydrogen (secondary N) is 1. The SMILES string of the molecule is CC/C=C/C/C=C/C/C=C/CCCCCCCCC(=O)NC(COP(=O)([O-])OCC[N+](C)(C)C)C(/C=C/CCCCCCCCCCC)OC(=O)CCCCCCCCCC/C=C\C/C=C\C/C=C\CCCCC. The summed E-state index contributed by atoms with van der Waals surface area (Å²) in [5.74, 6) is -0.567. The molecule has 3 unspecified atom stereocenters. The monoisotopic (exact) mass is 1050 g/mol. The summed E-state index contributed by atoms with van der Waals surface area (Å²) in [6.07, 6.45) is 69.7. The van der Waals surface area contributed by atoms with Crippen LogP contribution in [0, 0.1) is 0 Å². The van der Waals surface area contributed by atoms with E-state index in [4.69, 9.17) is 13.8 Å². The van der Waals surface area contributed by atoms with E-state index in [1.807, 2.05) is 33.3 Å². The van der Waals surface area contributed by atoms with Gasteiger partial charge in [0.2, 0.25) is 5.91 Å². The first-order valence-electron chi connectivity index (χ1n) is 30.4. The Balaban J connectivity index is 5.25. The lowest BCUT2D eigenvalue weighted by molar-refractivity contribution is -0.870. The van der Waals surface area contributed by atoms with Gasteiger partial charge in [-0.3, -0.25) is 14.2 Å². The molecule has 0 aliphatic rings. The molecule has 1 N–H and O–H groups in total. The summed E-state index contributed by atoms with van der Waals surface area (Å²) in [6.45, 7) is 6.68. The molecule has 74 heavy (non-hydrogen) atoms. The molecule has 0 aromatic rings. The lowest BCUT2D eigenvalue weighted by Crippen LogP contribution is -2.47. The van der Waals surface area contributed by atoms with Gasteiger partial charge in [-0.05, 0) is 102 Å². The second-order valence-corrected chi connectivity index (χ2v) is 22.9. The van der Waals surface area contributed by atoms with Gasteiger partial charge in [0.15, 0.2) is 0 Å². The predicted molar refractivity (Wildman–Crippen MR) is 316 cm³/mol. The van der Waals surface area contributed by atoms with Crippen LogP contribution in [0.25, 0.3) is 0 Å². The number of carbonyl (C=O) groups is 2. The third-order valence-electron chi connectivity index (χ3n) is 13.1. The number of esters is 1. The molecule has 0 saturated heterocycles. The van der Waals surface area contributed by atoms with Crippen LogP contribution < -0.4 is 10.2 Å². The molecule has 0 heterocycles. The molecule has 428 valence electrons. The van der Waals surface area contributed by atoms with Crippen LogP contribution in [-0.4, -0.2) is 69.4 Å². The van der Waals surface area contributed by atoms with E-state index in [9.17, 15) is 19.0 Å². The van der Waals surface area contributed by atoms with Gasteiger partial charge >= 0.3 is 5.97 Å². The minimum absolute atomic E-state index is 0.0298. The maximum atomic E-state index is 13.5. The molecule has 0 bridgehead atoms. The summed E-state index contributed by atoms with van der Waals surface area (Å²) < 4.78 is 30.3. The van der Waals surface area contributed by atoms with Crippen LogP contribution in [-0.2, 0) is 27.9 Å². The first-order chi connectivity index (χ1) is 35.9. The number of amides is 1. The standard InChI is InChI=1S/C64H115N2O7P/c1-7-10-13-16-19-22-25-27-29-31-32-33-34-35-37-39-42-45-48-51-54-57-64(68)73-62(55-52-49-46-43-40-24-21-18-15-12-9-3)61(60-72-74(69,70)71-59-58-66(4,5)6)65-63(67)56-53-50-47-44-41-38-36-30-28-26-23-20-17-14-11-8-2/h11,14,19-20,22-23,27-30,32-33,52,55,61-62H,7-10,12-13,15-18,21,24-26,31,34-51,53-54,56-60H2,1-6H3,(H-,65,67,69,70)/b14-11+,22-19-,23-20+,29-27-,30-28+,33-32-,55-52+. The Labute approximate surface area is 456 Å². The molecule has 1 amide bonds. The summed E-state index contributed by atoms with van der Waals surface area (Å²) in [5, 5.41) is 3.01. The number of likely N-dealkylation sites (N-methyl/N-ethyl adjacent to an activating group) is 1. The highest BCUT2D eigenvalue weighted by atomic mass is 31.2. The highest BCUT2D eigenvalue weighted by Crippen LogP contribution is 2.38. The Bertz CT molecular complexity index is 1540. The molecule has 9 nitrogen and oxygen atoms in total. The van der Waals surface area contributed by atoms with Crippen LogP contribution in [0.1, 0.15) is 258 Å². The zero-order valence-corrected chi connectivity index (χ0v) is 49.7. The molecular formula is C64H115N2O7P. The molecule has 0 aromatic heterocycles. The number of ether oxygens (including phenoxy) is 1. The Kier molecular flexibility index (Phi) is 51.5. The Morgan fingerprint density at radius 3 is 1.32 bits per heavy atom. The number of quaternary nitrogens is 1. The Morgan fingerprint density at radius 1 is 0.486 bits per heavy atom. The van der Waals surface area contributed by atoms with E-state index in [2.05, 4.69) is 99.0 Å². The topological polar surface area (TPSA) is 114 Å². The normalized spacial score (nSPS) is 14.3. The maximum absolute atomic E-state index is 13.5. The van der Waals surface area contributed by atoms with Gasteiger partial charge in [-0.2, -0.15) is 0 Å². The number of allylic oxidation sites excluding steroid dienone is 13. The number of phosphoric acid groups is 1. The van der Waals surface area contributed by atoms with E-state index < -0.39 is 26.6 Å². The number of rotatable bonds is 54. The molecule has 10 heteroatoms. The summed E-state index contributed by atoms with van der Waals surface area (Å²) in [5.41, 5.74) is 0. The van der Waals surface area contributed by atoms with Crippen molar-refractivity contribution in [1.82, 2.24) is 5.32 Å². The fourth-order valence-electron chi connectivity index (χ4n) is 8.37. The van der Waals surface area contributed by atoms with Gasteiger partial charge in [0, 0.05) is 12.8 Å². The third kappa shape index (κ3) is 54.0. The van der Waals surface area contributed by atoms with Crippen LogP contribution in [0.15, 0.2) is 85.1 Å². The molecular weight excluding hydrogens is 940 g/mol. The van der Waals surface area contributed by atoms with Crippen LogP contribution in [0.3, 0.4) is 0 Å². The Morgan fingerprint density at radius 2 is 0.865 bits per heavy atom. The number of hydrogen-bond acceptors (Lipinski definition) is 7. The van der Waals surface area contributed by atoms with Crippen LogP contribution >= 0.6 is 7.82 Å². The van der Waals surface area contributed by atoms with E-state index in [0.717, 1.165) is 128 Å². The van der Waals surface area contributed by atoms with E-state index in [-0.39, 0.29) is 24.9 Å². The van der Waals surface area contributed by atoms with Crippen molar-refractivity contribution in [2.45, 2.75) is 270 Å². The highest BCUT2D eigenvalue weighted by Gasteiger charge is 2.27. The minimum Gasteiger partial charge on any atom is -0.756 e. The first kappa shape index (κ1) is 71.2. The van der Waals surface area contributed by atoms with Crippen LogP contribution in [0.2, 0.25) is 0 Å². The molecule has 0 aromatic carbocycles. The van der Waals surface area contributed by atoms with Crippen LogP contribution in [0.5, 0.6) is 0 Å². The zero-order valence-electron chi connectivity index (χ0n) is 48.8. The van der Waals surface area contributed by atoms with Gasteiger partial charge < -0.3 is 28.5 Å². The number of nitrogens with zero attached hydrogens (tertiary/aromatic N) is 1. The average Bonchev–Trinajstić information content (AvgIpc) is 3.36. The predicted octanol–water partition coefficient (Wildman–Crippen LogP) is 18.0. The van der Waals surface area contributed by atoms with Gasteiger partial charge in [0.1, 0.15) is 19.3 Å². The largest absolute Gasteiger partial charge is 0.756 e. The van der Waals surface area contributed by atoms with Gasteiger partial charge in [-0.1, -0.05) is 228 Å². The quantitative estimate of drug-likeness (QED) is 0.0212. The molecule has 0 aliphatic heterocycles. The first-order valence-corrected chi connectivity index (χ1v) is 31.9. The van der Waals surface area contributed by atoms with E-state index in [1.54, 1.807) is 0 Å². The van der Waals surface area contributed by atoms with Gasteiger partial charge in [0.05, 0.1) is 33.8 Å². The van der Waals surface area contributed by atoms with E-state index >= 15 is 0 Å². The van der Waals surface area contributed by atoms with Gasteiger partial charge in [-0.25, -0.2) is 0 Å². The van der Waals surface area contributed by atoms with E-state index in [0.29, 0.717) is 17.4 Å². The Hall–Kier alpha value is -2.81. The maximum Gasteiger partial charge on any atom is 0.306 e. The van der Waals surface area contributed by atoms with Crippen molar-refractivity contribution < 1.29 is 37.3 Å². The molecule has 0 radical (unpaired) electrons. The summed E-state index contributed by atoms with van der Waals surface area (Å²) in [7, 11) is 1.16. The molecule has 0 aliphatic carbocycles. The fourth-order valence-corrected chi connectivity index (χ4v) is 9.09. The van der Waals surface area contributed by atoms with Gasteiger partial charge in [-0.15, -0.1) is 0 Å². The van der Waals surface area contributed by atoms with E-state index in [1.165, 1.54) is 96.3 Å². The summed E-state index contributed by atoms with van der Waals surface area (Å²) >= 11 is 0. The van der Waals surface area contributed by atoms with Crippen molar-refractivity contribution in [2.24, 2.45) is 0 Å². The lowest BCUT2D eigenvalue weighted by atomic mass is 10.1. The summed E-state index contributed by atoms with van der Waals surface area (Å²) in [6, 6.07) is -0.902. The number of carbonyl (C=O) groups excluding carboxylic acids is 2. The number of phosphoric ester groups is 1. The molecule has 0 spiro atoms. The second kappa shape index (κ2) is 53.6. The van der Waals surface area contributed by atoms with Crippen molar-refractivity contribution in [1.29, 1.82) is 0 Å². The molecule has 0 fully saturated rings. The average molecular weight is 1060 g/mol. The molecule has 0 saturated carbocycles. The number of hydrogen-bond donors (Lipinski definition) is 1. The van der Waals surface area contributed by atoms with Crippen molar-refractivity contribution in [3.8, 4) is 0 Å². The smallest absolute Gasteiger partial charge is 0.306 e. The van der Waals surface area contributed by atoms with Gasteiger partial charge in [0.25, 0.3) is 7.82 Å². The van der Waals surface area contributed by atoms with Crippen LogP contribution in [0.4, 0.5) is 0 Å². The highest BCUT2D eigenvalue weighted by molar-refractivity contribution is 7.45. The molecule has 0 rings (SSSR count). The third-order valence-corrected chi connectivity index (χ3v) is 14.0. The second-order valence-electron chi connectivity index (χ2n) is 21.5. The number of unbranched alkanes of at least 4 members (excludes halogenated alkanes) is 26. The van der Waals surface area contributed by atoms with Crippen molar-refractivity contribution in [2.75, 3.05) is 40.9 Å². The van der Waals surface area contributed by atoms with Crippen molar-refractivity contribution in [3.63, 3.8) is 0 Å². The van der Waals surface area contributed by atoms with Crippen molar-refractivity contribution >= 4 is 19.7 Å². The zero-order chi connectivity index (χ0) is 54.3. The summed E-state index contributed by atoms with van der Waals surface area (Å²) in [4.78, 5) is 39.9. The lowest BCUT2D eigenvalue weighted by Gasteiger charge is -2.30. The molecule has 3 atom stereocenters. The fraction of sp³-hybridized carbons (Fsp3) is 0.750. The van der Waals surface area contributed by atoms with Crippen molar-refractivity contribution in [3.05, 3.63) is 85.1 Å².